The Hall–Kier alpha value is -0.140. The quantitative estimate of drug-likeness (QED) is 0.532. The molecule has 0 amide bonds. The van der Waals surface area contributed by atoms with Crippen molar-refractivity contribution in [1.82, 2.24) is 9.78 Å². The van der Waals surface area contributed by atoms with E-state index in [2.05, 4.69) is 46.2 Å². The highest BCUT2D eigenvalue weighted by atomic mass is 127. The van der Waals surface area contributed by atoms with Crippen molar-refractivity contribution in [2.75, 3.05) is 26.9 Å². The van der Waals surface area contributed by atoms with Crippen LogP contribution in [0.4, 0.5) is 0 Å². The molecule has 4 nitrogen and oxygen atoms in total. The molecule has 0 N–H and O–H groups in total. The number of hydrogen-bond donors (Lipinski definition) is 0. The summed E-state index contributed by atoms with van der Waals surface area (Å²) in [6.07, 6.45) is 2.01. The summed E-state index contributed by atoms with van der Waals surface area (Å²) in [6, 6.07) is 0. The molecule has 98 valence electrons. The summed E-state index contributed by atoms with van der Waals surface area (Å²) in [4.78, 5) is 0. The van der Waals surface area contributed by atoms with Crippen molar-refractivity contribution in [1.29, 1.82) is 0 Å². The van der Waals surface area contributed by atoms with Gasteiger partial charge < -0.3 is 9.47 Å². The van der Waals surface area contributed by atoms with Crippen LogP contribution in [-0.2, 0) is 28.9 Å². The highest BCUT2D eigenvalue weighted by molar-refractivity contribution is 14.1. The molecule has 1 aromatic heterocycles. The van der Waals surface area contributed by atoms with Gasteiger partial charge in [0.15, 0.2) is 0 Å². The van der Waals surface area contributed by atoms with Crippen molar-refractivity contribution in [3.05, 3.63) is 15.0 Å². The van der Waals surface area contributed by atoms with Crippen LogP contribution in [0.3, 0.4) is 0 Å². The fraction of sp³-hybridized carbons (Fsp3) is 0.750. The second kappa shape index (κ2) is 8.05. The SMILES string of the molecule is CCc1nn(CCOCCOC)c(CC)c1I. The molecule has 0 saturated heterocycles. The molecule has 0 aliphatic carbocycles. The maximum absolute atomic E-state index is 5.47. The molecular formula is C12H21IN2O2. The van der Waals surface area contributed by atoms with E-state index in [4.69, 9.17) is 9.47 Å². The first kappa shape index (κ1) is 14.9. The van der Waals surface area contributed by atoms with Crippen LogP contribution in [0.5, 0.6) is 0 Å². The third-order valence-corrected chi connectivity index (χ3v) is 3.85. The lowest BCUT2D eigenvalue weighted by molar-refractivity contribution is 0.0651. The van der Waals surface area contributed by atoms with Gasteiger partial charge in [0.05, 0.1) is 41.3 Å². The van der Waals surface area contributed by atoms with Gasteiger partial charge in [-0.2, -0.15) is 5.10 Å². The maximum atomic E-state index is 5.47. The number of hydrogen-bond acceptors (Lipinski definition) is 3. The molecule has 1 rings (SSSR count). The molecule has 0 bridgehead atoms. The highest BCUT2D eigenvalue weighted by Gasteiger charge is 2.12. The van der Waals surface area contributed by atoms with Crippen molar-refractivity contribution in [2.24, 2.45) is 0 Å². The largest absolute Gasteiger partial charge is 0.382 e. The smallest absolute Gasteiger partial charge is 0.0758 e. The van der Waals surface area contributed by atoms with Gasteiger partial charge in [0.1, 0.15) is 0 Å². The molecule has 0 unspecified atom stereocenters. The van der Waals surface area contributed by atoms with Gasteiger partial charge in [0, 0.05) is 7.11 Å². The monoisotopic (exact) mass is 352 g/mol. The van der Waals surface area contributed by atoms with Crippen molar-refractivity contribution >= 4 is 22.6 Å². The van der Waals surface area contributed by atoms with Gasteiger partial charge in [0.2, 0.25) is 0 Å². The zero-order valence-electron chi connectivity index (χ0n) is 10.8. The molecule has 0 saturated carbocycles. The molecule has 0 aliphatic heterocycles. The summed E-state index contributed by atoms with van der Waals surface area (Å²) in [5.74, 6) is 0. The lowest BCUT2D eigenvalue weighted by Gasteiger charge is -2.07. The van der Waals surface area contributed by atoms with E-state index in [-0.39, 0.29) is 0 Å². The minimum absolute atomic E-state index is 0.650. The number of methoxy groups -OCH3 is 1. The van der Waals surface area contributed by atoms with E-state index in [0.717, 1.165) is 19.4 Å². The Balaban J connectivity index is 2.52. The van der Waals surface area contributed by atoms with Crippen molar-refractivity contribution < 1.29 is 9.47 Å². The first-order valence-electron chi connectivity index (χ1n) is 6.05. The van der Waals surface area contributed by atoms with E-state index >= 15 is 0 Å². The lowest BCUT2D eigenvalue weighted by atomic mass is 10.2. The van der Waals surface area contributed by atoms with Crippen molar-refractivity contribution in [2.45, 2.75) is 33.2 Å². The Bertz CT molecular complexity index is 339. The van der Waals surface area contributed by atoms with E-state index in [9.17, 15) is 0 Å². The fourth-order valence-corrected chi connectivity index (χ4v) is 2.82. The molecule has 0 atom stereocenters. The van der Waals surface area contributed by atoms with E-state index in [1.54, 1.807) is 7.11 Å². The molecule has 17 heavy (non-hydrogen) atoms. The molecule has 1 aromatic rings. The van der Waals surface area contributed by atoms with Gasteiger partial charge >= 0.3 is 0 Å². The summed E-state index contributed by atoms with van der Waals surface area (Å²) >= 11 is 2.39. The van der Waals surface area contributed by atoms with Gasteiger partial charge in [-0.3, -0.25) is 4.68 Å². The number of aromatic nitrogens is 2. The van der Waals surface area contributed by atoms with Gasteiger partial charge in [0.25, 0.3) is 0 Å². The molecule has 1 heterocycles. The number of halogens is 1. The highest BCUT2D eigenvalue weighted by Crippen LogP contribution is 2.18. The first-order chi connectivity index (χ1) is 8.24. The first-order valence-corrected chi connectivity index (χ1v) is 7.13. The lowest BCUT2D eigenvalue weighted by Crippen LogP contribution is -2.12. The minimum atomic E-state index is 0.650. The second-order valence-corrected chi connectivity index (χ2v) is 4.82. The van der Waals surface area contributed by atoms with Crippen molar-refractivity contribution in [3.8, 4) is 0 Å². The van der Waals surface area contributed by atoms with Crippen molar-refractivity contribution in [3.63, 3.8) is 0 Å². The van der Waals surface area contributed by atoms with Crippen LogP contribution in [0.15, 0.2) is 0 Å². The Morgan fingerprint density at radius 2 is 1.94 bits per heavy atom. The molecule has 0 fully saturated rings. The van der Waals surface area contributed by atoms with E-state index in [0.29, 0.717) is 19.8 Å². The van der Waals surface area contributed by atoms with Crippen LogP contribution in [-0.4, -0.2) is 36.7 Å². The Labute approximate surface area is 117 Å². The Morgan fingerprint density at radius 1 is 1.18 bits per heavy atom. The molecule has 0 radical (unpaired) electrons. The Kier molecular flexibility index (Phi) is 7.06. The number of aryl methyl sites for hydroxylation is 1. The van der Waals surface area contributed by atoms with E-state index in [1.807, 2.05) is 0 Å². The molecule has 0 aromatic carbocycles. The van der Waals surface area contributed by atoms with Gasteiger partial charge in [-0.05, 0) is 35.4 Å². The van der Waals surface area contributed by atoms with Gasteiger partial charge in [-0.25, -0.2) is 0 Å². The summed E-state index contributed by atoms with van der Waals surface area (Å²) in [6.45, 7) is 7.12. The zero-order chi connectivity index (χ0) is 12.7. The van der Waals surface area contributed by atoms with Crippen LogP contribution in [0.2, 0.25) is 0 Å². The van der Waals surface area contributed by atoms with E-state index in [1.165, 1.54) is 15.0 Å². The standard InChI is InChI=1S/C12H21IN2O2/c1-4-10-12(13)11(5-2)15(14-10)6-7-17-9-8-16-3/h4-9H2,1-3H3. The van der Waals surface area contributed by atoms with Crippen LogP contribution < -0.4 is 0 Å². The average Bonchev–Trinajstić information content (AvgIpc) is 2.65. The Morgan fingerprint density at radius 3 is 2.53 bits per heavy atom. The third kappa shape index (κ3) is 4.22. The normalized spacial score (nSPS) is 11.1. The van der Waals surface area contributed by atoms with Gasteiger partial charge in [-0.15, -0.1) is 0 Å². The summed E-state index contributed by atoms with van der Waals surface area (Å²) in [5, 5.41) is 4.61. The van der Waals surface area contributed by atoms with Crippen LogP contribution >= 0.6 is 22.6 Å². The van der Waals surface area contributed by atoms with Gasteiger partial charge in [-0.1, -0.05) is 13.8 Å². The predicted octanol–water partition coefficient (Wildman–Crippen LogP) is 2.28. The predicted molar refractivity (Wildman–Crippen MR) is 76.4 cm³/mol. The summed E-state index contributed by atoms with van der Waals surface area (Å²) in [7, 11) is 1.68. The number of ether oxygens (including phenoxy) is 2. The molecular weight excluding hydrogens is 331 g/mol. The maximum Gasteiger partial charge on any atom is 0.0758 e. The third-order valence-electron chi connectivity index (χ3n) is 2.61. The molecule has 0 spiro atoms. The second-order valence-electron chi connectivity index (χ2n) is 3.74. The fourth-order valence-electron chi connectivity index (χ4n) is 1.67. The number of rotatable bonds is 8. The average molecular weight is 352 g/mol. The molecule has 5 heteroatoms. The molecule has 0 aliphatic rings. The summed E-state index contributed by atoms with van der Waals surface area (Å²) in [5.41, 5.74) is 2.51. The summed E-state index contributed by atoms with van der Waals surface area (Å²) < 4.78 is 13.8. The minimum Gasteiger partial charge on any atom is -0.382 e. The number of nitrogens with zero attached hydrogens (tertiary/aromatic N) is 2. The van der Waals surface area contributed by atoms with Crippen LogP contribution in [0, 0.1) is 3.57 Å². The van der Waals surface area contributed by atoms with Crippen LogP contribution in [0.25, 0.3) is 0 Å². The van der Waals surface area contributed by atoms with E-state index < -0.39 is 0 Å². The zero-order valence-corrected chi connectivity index (χ0v) is 13.0. The topological polar surface area (TPSA) is 36.3 Å². The van der Waals surface area contributed by atoms with Crippen LogP contribution in [0.1, 0.15) is 25.2 Å².